The van der Waals surface area contributed by atoms with Crippen molar-refractivity contribution in [3.8, 4) is 33.4 Å². The summed E-state index contributed by atoms with van der Waals surface area (Å²) in [5.41, 5.74) is 10.9. The number of fused-ring (bicyclic) bond motifs is 5. The maximum absolute atomic E-state index is 2.80. The van der Waals surface area contributed by atoms with Gasteiger partial charge in [0.2, 0.25) is 0 Å². The maximum atomic E-state index is 2.49. The Balaban J connectivity index is 1.29. The van der Waals surface area contributed by atoms with E-state index in [1.54, 1.807) is 0 Å². The Hall–Kier alpha value is -6.74. The number of hydrogen-bond acceptors (Lipinski definition) is 1. The summed E-state index contributed by atoms with van der Waals surface area (Å²) < 4.78 is 0. The second-order valence-corrected chi connectivity index (χ2v) is 17.7. The fraction of sp³-hybridized carbons (Fsp3) is 0. The predicted octanol–water partition coefficient (Wildman–Crippen LogP) is 11.0. The summed E-state index contributed by atoms with van der Waals surface area (Å²) in [5.74, 6) is 0. The van der Waals surface area contributed by atoms with Gasteiger partial charge in [-0.3, -0.25) is 0 Å². The van der Waals surface area contributed by atoms with Crippen LogP contribution < -0.4 is 25.6 Å². The highest BCUT2D eigenvalue weighted by atomic mass is 28.3. The Labute approximate surface area is 318 Å². The van der Waals surface area contributed by atoms with E-state index in [0.717, 1.165) is 11.4 Å². The molecule has 9 aromatic carbocycles. The van der Waals surface area contributed by atoms with E-state index in [-0.39, 0.29) is 0 Å². The molecule has 2 heteroatoms. The Bertz CT molecular complexity index is 2600. The van der Waals surface area contributed by atoms with Crippen molar-refractivity contribution in [1.29, 1.82) is 0 Å². The van der Waals surface area contributed by atoms with Gasteiger partial charge in [-0.25, -0.2) is 0 Å². The van der Waals surface area contributed by atoms with Crippen molar-refractivity contribution in [3.63, 3.8) is 0 Å². The summed E-state index contributed by atoms with van der Waals surface area (Å²) >= 11 is 0. The lowest BCUT2D eigenvalue weighted by Crippen LogP contribution is -2.73. The van der Waals surface area contributed by atoms with E-state index < -0.39 is 8.07 Å². The quantitative estimate of drug-likeness (QED) is 0.149. The van der Waals surface area contributed by atoms with E-state index in [1.165, 1.54) is 70.6 Å². The molecule has 1 aliphatic heterocycles. The van der Waals surface area contributed by atoms with Crippen molar-refractivity contribution in [1.82, 2.24) is 0 Å². The topological polar surface area (TPSA) is 3.24 Å². The molecule has 1 aliphatic rings. The zero-order valence-electron chi connectivity index (χ0n) is 29.8. The van der Waals surface area contributed by atoms with Gasteiger partial charge in [-0.1, -0.05) is 194 Å². The third-order valence-corrected chi connectivity index (χ3v) is 16.0. The number of benzene rings is 9. The van der Waals surface area contributed by atoms with Gasteiger partial charge in [-0.2, -0.15) is 0 Å². The van der Waals surface area contributed by atoms with Gasteiger partial charge in [-0.05, 0) is 89.7 Å². The van der Waals surface area contributed by atoms with Gasteiger partial charge in [0, 0.05) is 16.9 Å². The van der Waals surface area contributed by atoms with Crippen molar-refractivity contribution in [2.24, 2.45) is 0 Å². The van der Waals surface area contributed by atoms with E-state index in [9.17, 15) is 0 Å². The second kappa shape index (κ2) is 13.3. The molecule has 0 radical (unpaired) electrons. The minimum atomic E-state index is -2.80. The predicted molar refractivity (Wildman–Crippen MR) is 232 cm³/mol. The molecule has 9 aromatic rings. The Kier molecular flexibility index (Phi) is 7.90. The summed E-state index contributed by atoms with van der Waals surface area (Å²) in [6.07, 6.45) is 0. The fourth-order valence-corrected chi connectivity index (χ4v) is 14.2. The maximum Gasteiger partial charge on any atom is 0.181 e. The molecule has 0 atom stereocenters. The smallest absolute Gasteiger partial charge is 0.181 e. The van der Waals surface area contributed by atoms with Gasteiger partial charge in [0.1, 0.15) is 0 Å². The fourth-order valence-electron chi connectivity index (χ4n) is 8.77. The van der Waals surface area contributed by atoms with Gasteiger partial charge in [0.15, 0.2) is 8.07 Å². The summed E-state index contributed by atoms with van der Waals surface area (Å²) in [5, 5.41) is 8.27. The molecule has 1 nitrogen and oxygen atoms in total. The van der Waals surface area contributed by atoms with E-state index in [1.807, 2.05) is 0 Å². The molecule has 0 saturated carbocycles. The van der Waals surface area contributed by atoms with Crippen LogP contribution in [0.25, 0.3) is 44.2 Å². The molecule has 0 amide bonds. The van der Waals surface area contributed by atoms with Crippen LogP contribution >= 0.6 is 0 Å². The number of anilines is 3. The van der Waals surface area contributed by atoms with Crippen molar-refractivity contribution in [2.45, 2.75) is 0 Å². The molecular formula is C52H37NSi. The summed E-state index contributed by atoms with van der Waals surface area (Å²) in [6.45, 7) is 0. The molecule has 0 N–H and O–H groups in total. The van der Waals surface area contributed by atoms with Crippen LogP contribution in [0.4, 0.5) is 17.1 Å². The summed E-state index contributed by atoms with van der Waals surface area (Å²) in [7, 11) is -2.80. The van der Waals surface area contributed by atoms with E-state index in [0.29, 0.717) is 0 Å². The van der Waals surface area contributed by atoms with E-state index in [4.69, 9.17) is 0 Å². The normalized spacial score (nSPS) is 12.6. The largest absolute Gasteiger partial charge is 0.310 e. The van der Waals surface area contributed by atoms with Gasteiger partial charge in [0.25, 0.3) is 0 Å². The minimum Gasteiger partial charge on any atom is -0.310 e. The molecule has 0 spiro atoms. The second-order valence-electron chi connectivity index (χ2n) is 14.1. The van der Waals surface area contributed by atoms with E-state index >= 15 is 0 Å². The molecule has 0 bridgehead atoms. The number of hydrogen-bond donors (Lipinski definition) is 0. The van der Waals surface area contributed by atoms with Crippen LogP contribution in [-0.2, 0) is 0 Å². The van der Waals surface area contributed by atoms with Crippen molar-refractivity contribution in [2.75, 3.05) is 4.90 Å². The van der Waals surface area contributed by atoms with Crippen molar-refractivity contribution >= 4 is 56.7 Å². The zero-order valence-corrected chi connectivity index (χ0v) is 30.8. The Morgan fingerprint density at radius 2 is 0.778 bits per heavy atom. The van der Waals surface area contributed by atoms with Crippen molar-refractivity contribution in [3.05, 3.63) is 224 Å². The lowest BCUT2D eigenvalue weighted by molar-refractivity contribution is 1.29. The third kappa shape index (κ3) is 5.15. The van der Waals surface area contributed by atoms with Gasteiger partial charge >= 0.3 is 0 Å². The van der Waals surface area contributed by atoms with Gasteiger partial charge in [-0.15, -0.1) is 0 Å². The van der Waals surface area contributed by atoms with Crippen LogP contribution in [0.2, 0.25) is 0 Å². The molecule has 10 rings (SSSR count). The molecule has 0 saturated heterocycles. The van der Waals surface area contributed by atoms with Gasteiger partial charge in [0.05, 0.1) is 5.69 Å². The highest BCUT2D eigenvalue weighted by Gasteiger charge is 2.50. The highest BCUT2D eigenvalue weighted by molar-refractivity contribution is 7.23. The molecular weight excluding hydrogens is 667 g/mol. The number of rotatable bonds is 7. The Morgan fingerprint density at radius 3 is 1.31 bits per heavy atom. The first kappa shape index (κ1) is 31.9. The van der Waals surface area contributed by atoms with Crippen LogP contribution in [0.1, 0.15) is 0 Å². The molecule has 0 unspecified atom stereocenters. The molecule has 1 heterocycles. The van der Waals surface area contributed by atoms with Crippen LogP contribution in [0.5, 0.6) is 0 Å². The van der Waals surface area contributed by atoms with Crippen LogP contribution in [0, 0.1) is 0 Å². The van der Waals surface area contributed by atoms with Crippen LogP contribution in [0.3, 0.4) is 0 Å². The lowest BCUT2D eigenvalue weighted by atomic mass is 9.97. The standard InChI is InChI=1S/C52H37NSi/c1-5-17-38(18-6-1)40-29-33-43(34-30-40)53(44-35-31-41(32-36-44)39-19-7-2-8-20-39)49-37-42-21-13-14-26-47(42)52-51(49)48-27-15-16-28-50(48)54(52,45-22-9-3-10-23-45)46-24-11-4-12-25-46/h1-37H. The molecule has 0 aliphatic carbocycles. The van der Waals surface area contributed by atoms with Crippen LogP contribution in [-0.4, -0.2) is 8.07 Å². The average Bonchev–Trinajstić information content (AvgIpc) is 3.58. The minimum absolute atomic E-state index is 1.12. The zero-order chi connectivity index (χ0) is 35.9. The number of nitrogens with zero attached hydrogens (tertiary/aromatic N) is 1. The molecule has 254 valence electrons. The highest BCUT2D eigenvalue weighted by Crippen LogP contribution is 2.45. The average molecular weight is 704 g/mol. The molecule has 54 heavy (non-hydrogen) atoms. The molecule has 0 aromatic heterocycles. The monoisotopic (exact) mass is 703 g/mol. The van der Waals surface area contributed by atoms with Crippen LogP contribution in [0.15, 0.2) is 224 Å². The van der Waals surface area contributed by atoms with Crippen molar-refractivity contribution < 1.29 is 0 Å². The first-order valence-corrected chi connectivity index (χ1v) is 20.7. The first-order valence-electron chi connectivity index (χ1n) is 18.7. The summed E-state index contributed by atoms with van der Waals surface area (Å²) in [6, 6.07) is 82.8. The first-order chi connectivity index (χ1) is 26.8. The summed E-state index contributed by atoms with van der Waals surface area (Å²) in [4.78, 5) is 2.49. The third-order valence-electron chi connectivity index (χ3n) is 11.1. The van der Waals surface area contributed by atoms with E-state index in [2.05, 4.69) is 229 Å². The lowest BCUT2D eigenvalue weighted by Gasteiger charge is -2.33. The van der Waals surface area contributed by atoms with Gasteiger partial charge < -0.3 is 4.90 Å². The molecule has 0 fully saturated rings. The SMILES string of the molecule is c1ccc(-c2ccc(N(c3ccc(-c4ccccc4)cc3)c3cc4ccccc4c4c3-c3ccccc3[Si]4(c3ccccc3)c3ccccc3)cc2)cc1. The Morgan fingerprint density at radius 1 is 0.352 bits per heavy atom.